The molecule has 33 heavy (non-hydrogen) atoms. The quantitative estimate of drug-likeness (QED) is 0.449. The summed E-state index contributed by atoms with van der Waals surface area (Å²) < 4.78 is 16.8. The van der Waals surface area contributed by atoms with Crippen LogP contribution < -0.4 is 9.47 Å². The molecule has 0 saturated heterocycles. The maximum Gasteiger partial charge on any atom is 0.273 e. The molecular weight excluding hydrogens is 422 g/mol. The van der Waals surface area contributed by atoms with Crippen molar-refractivity contribution >= 4 is 5.91 Å². The molecule has 4 rings (SSSR count). The Bertz CT molecular complexity index is 1130. The van der Waals surface area contributed by atoms with Gasteiger partial charge in [-0.2, -0.15) is 5.10 Å². The van der Waals surface area contributed by atoms with E-state index in [9.17, 15) is 9.90 Å². The molecule has 0 saturated carbocycles. The van der Waals surface area contributed by atoms with E-state index in [4.69, 9.17) is 14.2 Å². The lowest BCUT2D eigenvalue weighted by Gasteiger charge is -2.27. The maximum atomic E-state index is 13.4. The first kappa shape index (κ1) is 22.7. The zero-order valence-electron chi connectivity index (χ0n) is 19.1. The molecule has 0 radical (unpaired) electrons. The number of carbonyl (C=O) groups excluding carboxylic acids is 1. The van der Waals surface area contributed by atoms with Crippen molar-refractivity contribution in [2.45, 2.75) is 26.3 Å². The molecule has 2 N–H and O–H groups in total. The predicted molar refractivity (Wildman–Crippen MR) is 124 cm³/mol. The number of rotatable bonds is 10. The molecule has 1 aliphatic heterocycles. The molecule has 0 bridgehead atoms. The van der Waals surface area contributed by atoms with E-state index in [2.05, 4.69) is 10.2 Å². The zero-order chi connectivity index (χ0) is 23.4. The Morgan fingerprint density at radius 2 is 1.85 bits per heavy atom. The molecule has 1 aliphatic rings. The van der Waals surface area contributed by atoms with Gasteiger partial charge in [0, 0.05) is 31.4 Å². The average molecular weight is 452 g/mol. The van der Waals surface area contributed by atoms with Crippen LogP contribution in [0.3, 0.4) is 0 Å². The van der Waals surface area contributed by atoms with E-state index < -0.39 is 6.04 Å². The number of phenolic OH excluding ortho intramolecular Hbond substituents is 1. The van der Waals surface area contributed by atoms with Gasteiger partial charge in [0.1, 0.15) is 17.1 Å². The summed E-state index contributed by atoms with van der Waals surface area (Å²) in [6, 6.07) is 12.4. The third-order valence-electron chi connectivity index (χ3n) is 5.65. The van der Waals surface area contributed by atoms with Crippen molar-refractivity contribution < 1.29 is 24.1 Å². The lowest BCUT2D eigenvalue weighted by Crippen LogP contribution is -2.31. The summed E-state index contributed by atoms with van der Waals surface area (Å²) in [5.74, 6) is 1.26. The Labute approximate surface area is 193 Å². The fourth-order valence-corrected chi connectivity index (χ4v) is 4.27. The molecule has 0 aliphatic carbocycles. The van der Waals surface area contributed by atoms with Crippen LogP contribution in [0, 0.1) is 0 Å². The Morgan fingerprint density at radius 1 is 1.09 bits per heavy atom. The number of nitrogens with one attached hydrogen (secondary N) is 1. The SMILES string of the molecule is CCOc1ccc([C@@H]2c3c(-c4ccccc4O)n[nH]c3C(=O)N2CCCOC)cc1OCC. The van der Waals surface area contributed by atoms with Gasteiger partial charge in [-0.05, 0) is 50.1 Å². The second kappa shape index (κ2) is 9.95. The molecule has 3 aromatic rings. The van der Waals surface area contributed by atoms with Gasteiger partial charge in [0.25, 0.3) is 5.91 Å². The minimum atomic E-state index is -0.396. The largest absolute Gasteiger partial charge is 0.507 e. The van der Waals surface area contributed by atoms with Crippen molar-refractivity contribution in [1.29, 1.82) is 0 Å². The second-order valence-electron chi connectivity index (χ2n) is 7.70. The number of hydrogen-bond donors (Lipinski definition) is 2. The van der Waals surface area contributed by atoms with E-state index in [-0.39, 0.29) is 11.7 Å². The Hall–Kier alpha value is -3.52. The van der Waals surface area contributed by atoms with Crippen LogP contribution in [0.4, 0.5) is 0 Å². The normalized spacial score (nSPS) is 15.1. The van der Waals surface area contributed by atoms with Crippen LogP contribution in [0.1, 0.15) is 47.9 Å². The first-order chi connectivity index (χ1) is 16.1. The highest BCUT2D eigenvalue weighted by Gasteiger charge is 2.42. The number of methoxy groups -OCH3 is 1. The highest BCUT2D eigenvalue weighted by atomic mass is 16.5. The lowest BCUT2D eigenvalue weighted by molar-refractivity contribution is 0.0723. The van der Waals surface area contributed by atoms with Gasteiger partial charge in [0.15, 0.2) is 11.5 Å². The van der Waals surface area contributed by atoms with Crippen LogP contribution in [0.5, 0.6) is 17.2 Å². The van der Waals surface area contributed by atoms with Crippen LogP contribution in [-0.2, 0) is 4.74 Å². The fourth-order valence-electron chi connectivity index (χ4n) is 4.27. The fraction of sp³-hybridized carbons (Fsp3) is 0.360. The average Bonchev–Trinajstić information content (AvgIpc) is 3.35. The number of aromatic nitrogens is 2. The molecule has 2 heterocycles. The van der Waals surface area contributed by atoms with Crippen molar-refractivity contribution in [1.82, 2.24) is 15.1 Å². The van der Waals surface area contributed by atoms with E-state index in [1.165, 1.54) is 0 Å². The Morgan fingerprint density at radius 3 is 2.58 bits per heavy atom. The summed E-state index contributed by atoms with van der Waals surface area (Å²) in [5.41, 5.74) is 3.18. The summed E-state index contributed by atoms with van der Waals surface area (Å²) in [5, 5.41) is 17.8. The number of aromatic amines is 1. The van der Waals surface area contributed by atoms with Gasteiger partial charge >= 0.3 is 0 Å². The van der Waals surface area contributed by atoms with Crippen molar-refractivity contribution in [2.24, 2.45) is 0 Å². The van der Waals surface area contributed by atoms with Crippen molar-refractivity contribution in [3.63, 3.8) is 0 Å². The number of para-hydroxylation sites is 1. The van der Waals surface area contributed by atoms with Crippen molar-refractivity contribution in [3.05, 3.63) is 59.3 Å². The van der Waals surface area contributed by atoms with E-state index in [1.54, 1.807) is 25.3 Å². The molecule has 1 atom stereocenters. The molecule has 1 aromatic heterocycles. The number of aromatic hydroxyl groups is 1. The summed E-state index contributed by atoms with van der Waals surface area (Å²) in [7, 11) is 1.65. The van der Waals surface area contributed by atoms with Gasteiger partial charge in [-0.1, -0.05) is 18.2 Å². The molecule has 174 valence electrons. The van der Waals surface area contributed by atoms with Crippen LogP contribution in [0.2, 0.25) is 0 Å². The number of ether oxygens (including phenoxy) is 3. The van der Waals surface area contributed by atoms with Crippen LogP contribution >= 0.6 is 0 Å². The number of H-pyrrole nitrogens is 1. The number of hydrogen-bond acceptors (Lipinski definition) is 6. The summed E-state index contributed by atoms with van der Waals surface area (Å²) in [4.78, 5) is 15.2. The molecule has 1 amide bonds. The molecular formula is C25H29N3O5. The number of benzene rings is 2. The van der Waals surface area contributed by atoms with E-state index in [1.807, 2.05) is 43.0 Å². The first-order valence-electron chi connectivity index (χ1n) is 11.2. The minimum absolute atomic E-state index is 0.109. The highest BCUT2D eigenvalue weighted by Crippen LogP contribution is 2.45. The van der Waals surface area contributed by atoms with Gasteiger partial charge in [-0.25, -0.2) is 0 Å². The second-order valence-corrected chi connectivity index (χ2v) is 7.70. The number of amides is 1. The predicted octanol–water partition coefficient (Wildman–Crippen LogP) is 4.16. The van der Waals surface area contributed by atoms with Crippen molar-refractivity contribution in [3.8, 4) is 28.5 Å². The Kier molecular flexibility index (Phi) is 6.84. The summed E-state index contributed by atoms with van der Waals surface area (Å²) in [6.07, 6.45) is 0.692. The lowest BCUT2D eigenvalue weighted by atomic mass is 9.95. The summed E-state index contributed by atoms with van der Waals surface area (Å²) >= 11 is 0. The standard InChI is InChI=1S/C25H29N3O5/c1-4-32-19-12-11-16(15-20(19)33-5-2)24-21-22(17-9-6-7-10-18(17)29)26-27-23(21)25(30)28(24)13-8-14-31-3/h6-7,9-12,15,24,29H,4-5,8,13-14H2,1-3H3,(H,26,27)/t24-/m1/s1. The topological polar surface area (TPSA) is 96.9 Å². The van der Waals surface area contributed by atoms with E-state index in [0.717, 1.165) is 11.1 Å². The minimum Gasteiger partial charge on any atom is -0.507 e. The number of fused-ring (bicyclic) bond motifs is 1. The molecule has 2 aromatic carbocycles. The zero-order valence-corrected chi connectivity index (χ0v) is 19.1. The van der Waals surface area contributed by atoms with Gasteiger partial charge in [0.05, 0.1) is 19.3 Å². The van der Waals surface area contributed by atoms with Gasteiger partial charge in [-0.3, -0.25) is 9.89 Å². The van der Waals surface area contributed by atoms with Gasteiger partial charge in [-0.15, -0.1) is 0 Å². The number of phenols is 1. The van der Waals surface area contributed by atoms with Crippen LogP contribution in [0.25, 0.3) is 11.3 Å². The monoisotopic (exact) mass is 451 g/mol. The third kappa shape index (κ3) is 4.26. The number of nitrogens with zero attached hydrogens (tertiary/aromatic N) is 2. The molecule has 8 nitrogen and oxygen atoms in total. The van der Waals surface area contributed by atoms with Gasteiger partial charge in [0.2, 0.25) is 0 Å². The Balaban J connectivity index is 1.84. The number of carbonyl (C=O) groups is 1. The summed E-state index contributed by atoms with van der Waals surface area (Å²) in [6.45, 7) is 5.91. The highest BCUT2D eigenvalue weighted by molar-refractivity contribution is 6.00. The third-order valence-corrected chi connectivity index (χ3v) is 5.65. The maximum absolute atomic E-state index is 13.4. The molecule has 8 heteroatoms. The van der Waals surface area contributed by atoms with Gasteiger partial charge < -0.3 is 24.2 Å². The van der Waals surface area contributed by atoms with Crippen LogP contribution in [-0.4, -0.2) is 59.6 Å². The van der Waals surface area contributed by atoms with E-state index in [0.29, 0.717) is 61.2 Å². The molecule has 0 unspecified atom stereocenters. The first-order valence-corrected chi connectivity index (χ1v) is 11.2. The van der Waals surface area contributed by atoms with Crippen molar-refractivity contribution in [2.75, 3.05) is 33.5 Å². The smallest absolute Gasteiger partial charge is 0.273 e. The van der Waals surface area contributed by atoms with E-state index >= 15 is 0 Å². The molecule has 0 fully saturated rings. The molecule has 0 spiro atoms. The van der Waals surface area contributed by atoms with Crippen LogP contribution in [0.15, 0.2) is 42.5 Å².